The molecule has 0 amide bonds. The van der Waals surface area contributed by atoms with Crippen molar-refractivity contribution in [2.24, 2.45) is 0 Å². The van der Waals surface area contributed by atoms with E-state index in [9.17, 15) is 18.0 Å². The summed E-state index contributed by atoms with van der Waals surface area (Å²) in [6.45, 7) is 2.20. The molecule has 1 aliphatic heterocycles. The molecule has 1 aromatic heterocycles. The molecule has 29 heavy (non-hydrogen) atoms. The first-order valence-electron chi connectivity index (χ1n) is 9.51. The lowest BCUT2D eigenvalue weighted by Gasteiger charge is -2.32. The van der Waals surface area contributed by atoms with Crippen molar-refractivity contribution in [1.29, 1.82) is 0 Å². The quantitative estimate of drug-likeness (QED) is 0.539. The molecule has 0 fully saturated rings. The lowest BCUT2D eigenvalue weighted by Crippen LogP contribution is -2.33. The Hall–Kier alpha value is -2.96. The molecule has 4 rings (SSSR count). The summed E-state index contributed by atoms with van der Waals surface area (Å²) >= 11 is 0. The number of nitrogens with zero attached hydrogens (tertiary/aromatic N) is 1. The number of rotatable bonds is 4. The van der Waals surface area contributed by atoms with E-state index in [4.69, 9.17) is 9.15 Å². The van der Waals surface area contributed by atoms with Crippen LogP contribution in [0, 0.1) is 0 Å². The van der Waals surface area contributed by atoms with Crippen molar-refractivity contribution < 1.29 is 22.3 Å². The van der Waals surface area contributed by atoms with E-state index < -0.39 is 17.4 Å². The summed E-state index contributed by atoms with van der Waals surface area (Å²) in [4.78, 5) is 13.6. The Kier molecular flexibility index (Phi) is 4.98. The van der Waals surface area contributed by atoms with Gasteiger partial charge in [-0.2, -0.15) is 13.2 Å². The molecule has 0 saturated heterocycles. The van der Waals surface area contributed by atoms with E-state index in [1.165, 1.54) is 23.1 Å². The van der Waals surface area contributed by atoms with Gasteiger partial charge in [0.25, 0.3) is 0 Å². The van der Waals surface area contributed by atoms with Crippen molar-refractivity contribution >= 4 is 16.7 Å². The normalized spacial score (nSPS) is 14.0. The molecule has 4 nitrogen and oxygen atoms in total. The molecule has 0 bridgehead atoms. The predicted molar refractivity (Wildman–Crippen MR) is 104 cm³/mol. The second-order valence-corrected chi connectivity index (χ2v) is 7.10. The molecule has 0 N–H and O–H groups in total. The third-order valence-electron chi connectivity index (χ3n) is 5.13. The predicted octanol–water partition coefficient (Wildman–Crippen LogP) is 5.51. The molecule has 0 aliphatic carbocycles. The highest BCUT2D eigenvalue weighted by Gasteiger charge is 2.35. The van der Waals surface area contributed by atoms with Crippen LogP contribution in [0.5, 0.6) is 5.75 Å². The van der Waals surface area contributed by atoms with Crippen molar-refractivity contribution in [1.82, 2.24) is 0 Å². The monoisotopic (exact) mass is 403 g/mol. The van der Waals surface area contributed by atoms with Crippen molar-refractivity contribution in [3.05, 3.63) is 69.6 Å². The van der Waals surface area contributed by atoms with Gasteiger partial charge in [0.2, 0.25) is 0 Å². The minimum atomic E-state index is -4.48. The lowest BCUT2D eigenvalue weighted by atomic mass is 10.0. The number of para-hydroxylation sites is 1. The van der Waals surface area contributed by atoms with Gasteiger partial charge in [-0.3, -0.25) is 0 Å². The number of anilines is 1. The molecule has 2 aromatic carbocycles. The lowest BCUT2D eigenvalue weighted by molar-refractivity contribution is -0.137. The van der Waals surface area contributed by atoms with E-state index in [-0.39, 0.29) is 19.0 Å². The number of ether oxygens (including phenoxy) is 1. The minimum Gasteiger partial charge on any atom is -0.473 e. The fraction of sp³-hybridized carbons (Fsp3) is 0.318. The average Bonchev–Trinajstić information content (AvgIpc) is 2.70. The van der Waals surface area contributed by atoms with Crippen molar-refractivity contribution in [2.45, 2.75) is 38.9 Å². The second kappa shape index (κ2) is 7.46. The summed E-state index contributed by atoms with van der Waals surface area (Å²) in [6.07, 6.45) is -1.83. The van der Waals surface area contributed by atoms with E-state index >= 15 is 0 Å². The van der Waals surface area contributed by atoms with Crippen LogP contribution in [-0.4, -0.2) is 6.73 Å². The van der Waals surface area contributed by atoms with Gasteiger partial charge in [-0.05, 0) is 42.7 Å². The third kappa shape index (κ3) is 3.69. The van der Waals surface area contributed by atoms with Gasteiger partial charge in [0.1, 0.15) is 11.3 Å². The third-order valence-corrected chi connectivity index (χ3v) is 5.13. The number of halogens is 3. The maximum absolute atomic E-state index is 13.4. The molecule has 7 heteroatoms. The molecule has 0 spiro atoms. The topological polar surface area (TPSA) is 42.7 Å². The highest BCUT2D eigenvalue weighted by atomic mass is 19.4. The van der Waals surface area contributed by atoms with Gasteiger partial charge >= 0.3 is 11.8 Å². The van der Waals surface area contributed by atoms with Crippen LogP contribution in [0.25, 0.3) is 11.0 Å². The zero-order valence-electron chi connectivity index (χ0n) is 15.9. The molecule has 2 heterocycles. The number of benzene rings is 2. The largest absolute Gasteiger partial charge is 0.473 e. The second-order valence-electron chi connectivity index (χ2n) is 7.10. The first-order chi connectivity index (χ1) is 13.9. The first-order valence-corrected chi connectivity index (χ1v) is 9.51. The van der Waals surface area contributed by atoms with Gasteiger partial charge in [-0.15, -0.1) is 0 Å². The Labute approximate surface area is 165 Å². The van der Waals surface area contributed by atoms with Crippen LogP contribution >= 0.6 is 0 Å². The van der Waals surface area contributed by atoms with Crippen LogP contribution in [0.2, 0.25) is 0 Å². The SMILES string of the molecule is CCCCc1cc(=O)oc2c3c(ccc12)OCN(c1ccccc1C(F)(F)F)C3. The van der Waals surface area contributed by atoms with E-state index in [2.05, 4.69) is 6.92 Å². The Morgan fingerprint density at radius 1 is 1.14 bits per heavy atom. The van der Waals surface area contributed by atoms with Crippen LogP contribution < -0.4 is 15.3 Å². The molecular weight excluding hydrogens is 383 g/mol. The molecule has 0 unspecified atom stereocenters. The van der Waals surface area contributed by atoms with E-state index in [1.807, 2.05) is 6.07 Å². The molecule has 3 aromatic rings. The molecular formula is C22H20F3NO3. The van der Waals surface area contributed by atoms with Crippen LogP contribution in [0.3, 0.4) is 0 Å². The zero-order valence-corrected chi connectivity index (χ0v) is 15.9. The highest BCUT2D eigenvalue weighted by molar-refractivity contribution is 5.86. The number of hydrogen-bond donors (Lipinski definition) is 0. The van der Waals surface area contributed by atoms with Crippen molar-refractivity contribution in [3.63, 3.8) is 0 Å². The summed E-state index contributed by atoms with van der Waals surface area (Å²) in [5.41, 5.74) is 0.694. The Morgan fingerprint density at radius 3 is 2.69 bits per heavy atom. The maximum atomic E-state index is 13.4. The first kappa shape index (κ1) is 19.4. The van der Waals surface area contributed by atoms with Crippen LogP contribution in [-0.2, 0) is 19.1 Å². The van der Waals surface area contributed by atoms with E-state index in [0.717, 1.165) is 36.3 Å². The fourth-order valence-electron chi connectivity index (χ4n) is 3.72. The molecule has 0 radical (unpaired) electrons. The number of fused-ring (bicyclic) bond motifs is 3. The summed E-state index contributed by atoms with van der Waals surface area (Å²) in [6, 6.07) is 10.5. The van der Waals surface area contributed by atoms with Crippen molar-refractivity contribution in [2.75, 3.05) is 11.6 Å². The Balaban J connectivity index is 1.80. The van der Waals surface area contributed by atoms with Crippen LogP contribution in [0.1, 0.15) is 36.5 Å². The smallest absolute Gasteiger partial charge is 0.418 e. The summed E-state index contributed by atoms with van der Waals surface area (Å²) in [5.74, 6) is 0.522. The molecule has 0 atom stereocenters. The summed E-state index contributed by atoms with van der Waals surface area (Å²) in [7, 11) is 0. The number of hydrogen-bond acceptors (Lipinski definition) is 4. The van der Waals surface area contributed by atoms with Gasteiger partial charge in [-0.1, -0.05) is 25.5 Å². The molecule has 1 aliphatic rings. The number of alkyl halides is 3. The highest BCUT2D eigenvalue weighted by Crippen LogP contribution is 2.40. The van der Waals surface area contributed by atoms with Crippen LogP contribution in [0.15, 0.2) is 51.7 Å². The van der Waals surface area contributed by atoms with Gasteiger partial charge in [-0.25, -0.2) is 4.79 Å². The van der Waals surface area contributed by atoms with Crippen LogP contribution in [0.4, 0.5) is 18.9 Å². The van der Waals surface area contributed by atoms with Gasteiger partial charge in [0.05, 0.1) is 23.4 Å². The van der Waals surface area contributed by atoms with Crippen molar-refractivity contribution in [3.8, 4) is 5.75 Å². The molecule has 152 valence electrons. The van der Waals surface area contributed by atoms with E-state index in [0.29, 0.717) is 16.9 Å². The van der Waals surface area contributed by atoms with Gasteiger partial charge in [0.15, 0.2) is 6.73 Å². The Morgan fingerprint density at radius 2 is 1.93 bits per heavy atom. The van der Waals surface area contributed by atoms with Gasteiger partial charge < -0.3 is 14.1 Å². The fourth-order valence-corrected chi connectivity index (χ4v) is 3.72. The average molecular weight is 403 g/mol. The minimum absolute atomic E-state index is 0.0225. The van der Waals surface area contributed by atoms with E-state index in [1.54, 1.807) is 12.1 Å². The standard InChI is InChI=1S/C22H20F3NO3/c1-2-3-6-14-11-20(27)29-21-15(14)9-10-19-16(21)12-26(13-28-19)18-8-5-4-7-17(18)22(23,24)25/h4-5,7-11H,2-3,6,12-13H2,1H3. The summed E-state index contributed by atoms with van der Waals surface area (Å²) in [5, 5.41) is 0.798. The maximum Gasteiger partial charge on any atom is 0.418 e. The number of unbranched alkanes of at least 4 members (excludes halogenated alkanes) is 1. The Bertz CT molecular complexity index is 1100. The summed E-state index contributed by atoms with van der Waals surface area (Å²) < 4.78 is 51.5. The zero-order chi connectivity index (χ0) is 20.6. The molecule has 0 saturated carbocycles. The number of aryl methyl sites for hydroxylation is 1. The van der Waals surface area contributed by atoms with Gasteiger partial charge in [0, 0.05) is 11.5 Å².